The van der Waals surface area contributed by atoms with Gasteiger partial charge in [-0.1, -0.05) is 37.3 Å². The molecule has 2 heterocycles. The molecule has 29 heavy (non-hydrogen) atoms. The Hall–Kier alpha value is -2.95. The van der Waals surface area contributed by atoms with Gasteiger partial charge in [-0.25, -0.2) is 0 Å². The van der Waals surface area contributed by atoms with Gasteiger partial charge in [0.15, 0.2) is 0 Å². The Labute approximate surface area is 172 Å². The molecule has 5 nitrogen and oxygen atoms in total. The molecule has 1 atom stereocenters. The molecular weight excluding hydrogens is 362 g/mol. The van der Waals surface area contributed by atoms with E-state index in [1.54, 1.807) is 18.5 Å². The molecule has 1 aromatic heterocycles. The third-order valence-electron chi connectivity index (χ3n) is 5.60. The van der Waals surface area contributed by atoms with Crippen molar-refractivity contribution in [3.63, 3.8) is 0 Å². The molecule has 152 valence electrons. The second-order valence-corrected chi connectivity index (χ2v) is 7.66. The molecule has 2 amide bonds. The summed E-state index contributed by atoms with van der Waals surface area (Å²) in [4.78, 5) is 31.5. The zero-order valence-corrected chi connectivity index (χ0v) is 17.1. The van der Waals surface area contributed by atoms with Crippen LogP contribution in [0.3, 0.4) is 0 Å². The van der Waals surface area contributed by atoms with Crippen LogP contribution in [0, 0.1) is 5.41 Å². The molecule has 1 aromatic carbocycles. The van der Waals surface area contributed by atoms with Crippen molar-refractivity contribution in [1.82, 2.24) is 15.2 Å². The largest absolute Gasteiger partial charge is 0.352 e. The number of piperidine rings is 1. The Morgan fingerprint density at radius 3 is 2.76 bits per heavy atom. The highest BCUT2D eigenvalue weighted by atomic mass is 16.2. The fourth-order valence-corrected chi connectivity index (χ4v) is 4.13. The molecule has 0 saturated carbocycles. The average molecular weight is 392 g/mol. The van der Waals surface area contributed by atoms with Gasteiger partial charge < -0.3 is 10.2 Å². The molecule has 1 N–H and O–H groups in total. The number of carbonyl (C=O) groups is 2. The summed E-state index contributed by atoms with van der Waals surface area (Å²) in [7, 11) is 0. The number of pyridine rings is 1. The Morgan fingerprint density at radius 2 is 2.03 bits per heavy atom. The molecule has 2 aromatic rings. The van der Waals surface area contributed by atoms with Crippen LogP contribution in [0.4, 0.5) is 0 Å². The van der Waals surface area contributed by atoms with E-state index in [1.807, 2.05) is 30.0 Å². The highest BCUT2D eigenvalue weighted by Crippen LogP contribution is 2.35. The first-order chi connectivity index (χ1) is 14.1. The van der Waals surface area contributed by atoms with Crippen LogP contribution in [0.1, 0.15) is 31.7 Å². The molecule has 5 heteroatoms. The number of hydrogen-bond donors (Lipinski definition) is 1. The van der Waals surface area contributed by atoms with E-state index in [-0.39, 0.29) is 11.8 Å². The number of benzene rings is 1. The van der Waals surface area contributed by atoms with Gasteiger partial charge in [0, 0.05) is 38.4 Å². The van der Waals surface area contributed by atoms with Crippen LogP contribution in [-0.2, 0) is 16.0 Å². The fourth-order valence-electron chi connectivity index (χ4n) is 4.13. The van der Waals surface area contributed by atoms with E-state index in [0.29, 0.717) is 25.9 Å². The van der Waals surface area contributed by atoms with Crippen molar-refractivity contribution in [2.24, 2.45) is 5.41 Å². The van der Waals surface area contributed by atoms with Gasteiger partial charge in [0.25, 0.3) is 0 Å². The molecule has 0 bridgehead atoms. The number of rotatable bonds is 7. The summed E-state index contributed by atoms with van der Waals surface area (Å²) in [5.74, 6) is 0.108. The Kier molecular flexibility index (Phi) is 6.81. The lowest BCUT2D eigenvalue weighted by molar-refractivity contribution is -0.141. The fraction of sp³-hybridized carbons (Fsp3) is 0.375. The van der Waals surface area contributed by atoms with E-state index in [2.05, 4.69) is 35.1 Å². The Morgan fingerprint density at radius 1 is 1.24 bits per heavy atom. The van der Waals surface area contributed by atoms with Gasteiger partial charge in [0.1, 0.15) is 0 Å². The van der Waals surface area contributed by atoms with E-state index >= 15 is 0 Å². The van der Waals surface area contributed by atoms with Crippen LogP contribution in [-0.4, -0.2) is 41.3 Å². The third-order valence-corrected chi connectivity index (χ3v) is 5.60. The first kappa shape index (κ1) is 20.8. The normalized spacial score (nSPS) is 18.9. The van der Waals surface area contributed by atoms with Gasteiger partial charge in [0.05, 0.1) is 5.41 Å². The van der Waals surface area contributed by atoms with E-state index in [4.69, 9.17) is 0 Å². The number of aromatic nitrogens is 1. The minimum absolute atomic E-state index is 0.000294. The minimum atomic E-state index is -0.622. The molecule has 1 fully saturated rings. The summed E-state index contributed by atoms with van der Waals surface area (Å²) in [6.45, 7) is 7.18. The van der Waals surface area contributed by atoms with Crippen LogP contribution in [0.15, 0.2) is 61.4 Å². The number of amides is 2. The van der Waals surface area contributed by atoms with Gasteiger partial charge in [-0.2, -0.15) is 0 Å². The van der Waals surface area contributed by atoms with Crippen molar-refractivity contribution in [3.8, 4) is 11.1 Å². The number of carbonyl (C=O) groups excluding carboxylic acids is 2. The summed E-state index contributed by atoms with van der Waals surface area (Å²) in [5.41, 5.74) is 2.67. The van der Waals surface area contributed by atoms with Crippen molar-refractivity contribution in [2.75, 3.05) is 19.6 Å². The molecule has 0 spiro atoms. The van der Waals surface area contributed by atoms with Crippen LogP contribution >= 0.6 is 0 Å². The second-order valence-electron chi connectivity index (χ2n) is 7.66. The zero-order chi connectivity index (χ0) is 20.7. The lowest BCUT2D eigenvalue weighted by Crippen LogP contribution is -2.54. The van der Waals surface area contributed by atoms with E-state index < -0.39 is 5.41 Å². The van der Waals surface area contributed by atoms with Crippen molar-refractivity contribution in [3.05, 3.63) is 67.0 Å². The average Bonchev–Trinajstić information content (AvgIpc) is 2.77. The molecule has 0 unspecified atom stereocenters. The Bertz CT molecular complexity index is 865. The summed E-state index contributed by atoms with van der Waals surface area (Å²) in [6, 6.07) is 12.3. The SMILES string of the molecule is C=CCNC(=O)[C@@]1(Cc2cccc(-c3ccncc3)c2)CCCN(C(=O)CC)C1. The van der Waals surface area contributed by atoms with Crippen LogP contribution in [0.5, 0.6) is 0 Å². The molecule has 3 rings (SSSR count). The van der Waals surface area contributed by atoms with Gasteiger partial charge >= 0.3 is 0 Å². The van der Waals surface area contributed by atoms with Crippen molar-refractivity contribution in [1.29, 1.82) is 0 Å². The van der Waals surface area contributed by atoms with E-state index in [1.165, 1.54) is 0 Å². The van der Waals surface area contributed by atoms with Crippen LogP contribution < -0.4 is 5.32 Å². The number of nitrogens with zero attached hydrogens (tertiary/aromatic N) is 2. The summed E-state index contributed by atoms with van der Waals surface area (Å²) >= 11 is 0. The highest BCUT2D eigenvalue weighted by molar-refractivity contribution is 5.85. The summed E-state index contributed by atoms with van der Waals surface area (Å²) < 4.78 is 0. The highest BCUT2D eigenvalue weighted by Gasteiger charge is 2.43. The number of hydrogen-bond acceptors (Lipinski definition) is 3. The van der Waals surface area contributed by atoms with Crippen molar-refractivity contribution >= 4 is 11.8 Å². The maximum absolute atomic E-state index is 13.2. The topological polar surface area (TPSA) is 62.3 Å². The zero-order valence-electron chi connectivity index (χ0n) is 17.1. The maximum Gasteiger partial charge on any atom is 0.228 e. The number of nitrogens with one attached hydrogen (secondary N) is 1. The molecular formula is C24H29N3O2. The predicted molar refractivity (Wildman–Crippen MR) is 115 cm³/mol. The monoisotopic (exact) mass is 391 g/mol. The van der Waals surface area contributed by atoms with Gasteiger partial charge in [0.2, 0.25) is 11.8 Å². The first-order valence-corrected chi connectivity index (χ1v) is 10.2. The summed E-state index contributed by atoms with van der Waals surface area (Å²) in [6.07, 6.45) is 7.90. The molecule has 1 aliphatic rings. The smallest absolute Gasteiger partial charge is 0.228 e. The minimum Gasteiger partial charge on any atom is -0.352 e. The molecule has 1 saturated heterocycles. The van der Waals surface area contributed by atoms with Crippen LogP contribution in [0.2, 0.25) is 0 Å². The van der Waals surface area contributed by atoms with Crippen molar-refractivity contribution in [2.45, 2.75) is 32.6 Å². The maximum atomic E-state index is 13.2. The van der Waals surface area contributed by atoms with Crippen molar-refractivity contribution < 1.29 is 9.59 Å². The standard InChI is InChI=1S/C24H29N3O2/c1-3-12-26-23(29)24(11-6-15-27(18-24)22(28)4-2)17-19-7-5-8-21(16-19)20-9-13-25-14-10-20/h3,5,7-10,13-14,16H,1,4,6,11-12,15,17-18H2,2H3,(H,26,29)/t24-/m1/s1. The van der Waals surface area contributed by atoms with Gasteiger partial charge in [-0.3, -0.25) is 14.6 Å². The van der Waals surface area contributed by atoms with Crippen LogP contribution in [0.25, 0.3) is 11.1 Å². The summed E-state index contributed by atoms with van der Waals surface area (Å²) in [5, 5.41) is 2.98. The van der Waals surface area contributed by atoms with Gasteiger partial charge in [-0.15, -0.1) is 6.58 Å². The van der Waals surface area contributed by atoms with E-state index in [9.17, 15) is 9.59 Å². The van der Waals surface area contributed by atoms with E-state index in [0.717, 1.165) is 36.1 Å². The second kappa shape index (κ2) is 9.50. The quantitative estimate of drug-likeness (QED) is 0.734. The lowest BCUT2D eigenvalue weighted by Gasteiger charge is -2.42. The molecule has 0 aliphatic carbocycles. The van der Waals surface area contributed by atoms with Gasteiger partial charge in [-0.05, 0) is 48.1 Å². The Balaban J connectivity index is 1.90. The predicted octanol–water partition coefficient (Wildman–Crippen LogP) is 3.61. The molecule has 0 radical (unpaired) electrons. The third kappa shape index (κ3) is 4.91. The lowest BCUT2D eigenvalue weighted by atomic mass is 9.74. The first-order valence-electron chi connectivity index (χ1n) is 10.2. The molecule has 1 aliphatic heterocycles. The number of likely N-dealkylation sites (tertiary alicyclic amines) is 1.